The number of carbonyl (C=O) groups excluding carboxylic acids is 3. The smallest absolute Gasteiger partial charge is 0.289 e. The molecule has 0 unspecified atom stereocenters. The highest BCUT2D eigenvalue weighted by molar-refractivity contribution is 6.35. The van der Waals surface area contributed by atoms with Gasteiger partial charge in [0.05, 0.1) is 5.92 Å². The van der Waals surface area contributed by atoms with Crippen LogP contribution in [0.3, 0.4) is 0 Å². The van der Waals surface area contributed by atoms with E-state index >= 15 is 0 Å². The fourth-order valence-corrected chi connectivity index (χ4v) is 2.25. The fourth-order valence-electron chi connectivity index (χ4n) is 2.25. The lowest BCUT2D eigenvalue weighted by Crippen LogP contribution is -2.35. The second kappa shape index (κ2) is 6.17. The van der Waals surface area contributed by atoms with Gasteiger partial charge in [0.15, 0.2) is 17.5 Å². The number of anilines is 1. The normalized spacial score (nSPS) is 17.5. The van der Waals surface area contributed by atoms with Gasteiger partial charge in [-0.1, -0.05) is 0 Å². The molecule has 0 spiro atoms. The van der Waals surface area contributed by atoms with Crippen molar-refractivity contribution < 1.29 is 27.6 Å². The predicted molar refractivity (Wildman–Crippen MR) is 70.3 cm³/mol. The van der Waals surface area contributed by atoms with Gasteiger partial charge in [0.25, 0.3) is 5.91 Å². The van der Waals surface area contributed by atoms with Crippen LogP contribution in [0.1, 0.15) is 13.3 Å². The van der Waals surface area contributed by atoms with E-state index in [1.165, 1.54) is 4.90 Å². The van der Waals surface area contributed by atoms with Crippen molar-refractivity contribution in [2.75, 3.05) is 18.4 Å². The number of amides is 2. The van der Waals surface area contributed by atoms with Gasteiger partial charge < -0.3 is 10.2 Å². The van der Waals surface area contributed by atoms with Crippen molar-refractivity contribution in [1.29, 1.82) is 0 Å². The van der Waals surface area contributed by atoms with Crippen LogP contribution in [0.15, 0.2) is 12.1 Å². The zero-order valence-corrected chi connectivity index (χ0v) is 11.7. The van der Waals surface area contributed by atoms with Gasteiger partial charge >= 0.3 is 0 Å². The topological polar surface area (TPSA) is 66.5 Å². The predicted octanol–water partition coefficient (Wildman–Crippen LogP) is 1.48. The van der Waals surface area contributed by atoms with E-state index in [2.05, 4.69) is 5.32 Å². The molecule has 0 bridgehead atoms. The summed E-state index contributed by atoms with van der Waals surface area (Å²) in [4.78, 5) is 35.7. The molecule has 22 heavy (non-hydrogen) atoms. The van der Waals surface area contributed by atoms with Gasteiger partial charge in [-0.3, -0.25) is 14.4 Å². The lowest BCUT2D eigenvalue weighted by Gasteiger charge is -2.14. The molecule has 1 N–H and O–H groups in total. The Morgan fingerprint density at radius 2 is 1.77 bits per heavy atom. The zero-order valence-electron chi connectivity index (χ0n) is 11.7. The molecule has 0 aromatic heterocycles. The minimum absolute atomic E-state index is 0.0520. The van der Waals surface area contributed by atoms with Crippen LogP contribution in [-0.4, -0.2) is 35.6 Å². The maximum absolute atomic E-state index is 13.1. The van der Waals surface area contributed by atoms with Crippen LogP contribution in [0, 0.1) is 23.4 Å². The Labute approximate surface area is 124 Å². The number of hydrogen-bond acceptors (Lipinski definition) is 3. The van der Waals surface area contributed by atoms with Gasteiger partial charge in [0.1, 0.15) is 0 Å². The molecule has 2 rings (SSSR count). The van der Waals surface area contributed by atoms with Crippen LogP contribution in [0.25, 0.3) is 0 Å². The minimum atomic E-state index is -1.61. The van der Waals surface area contributed by atoms with E-state index in [-0.39, 0.29) is 18.8 Å². The second-order valence-electron chi connectivity index (χ2n) is 5.04. The number of nitrogens with one attached hydrogen (secondary N) is 1. The summed E-state index contributed by atoms with van der Waals surface area (Å²) < 4.78 is 39.0. The van der Waals surface area contributed by atoms with Crippen LogP contribution >= 0.6 is 0 Å². The molecule has 118 valence electrons. The summed E-state index contributed by atoms with van der Waals surface area (Å²) in [5.41, 5.74) is -0.210. The van der Waals surface area contributed by atoms with E-state index in [1.54, 1.807) is 0 Å². The fraction of sp³-hybridized carbons (Fsp3) is 0.357. The first kappa shape index (κ1) is 16.0. The number of ketones is 1. The van der Waals surface area contributed by atoms with Gasteiger partial charge in [0.2, 0.25) is 11.7 Å². The molecule has 1 aromatic carbocycles. The van der Waals surface area contributed by atoms with Crippen molar-refractivity contribution in [2.24, 2.45) is 5.92 Å². The van der Waals surface area contributed by atoms with Crippen molar-refractivity contribution in [3.8, 4) is 0 Å². The van der Waals surface area contributed by atoms with E-state index in [0.717, 1.165) is 6.92 Å². The molecule has 2 amide bonds. The first-order chi connectivity index (χ1) is 10.3. The third kappa shape index (κ3) is 3.26. The van der Waals surface area contributed by atoms with Crippen LogP contribution in [-0.2, 0) is 14.4 Å². The maximum Gasteiger partial charge on any atom is 0.289 e. The monoisotopic (exact) mass is 314 g/mol. The highest BCUT2D eigenvalue weighted by Gasteiger charge is 2.32. The number of benzene rings is 1. The Balaban J connectivity index is 2.02. The zero-order chi connectivity index (χ0) is 16.4. The third-order valence-electron chi connectivity index (χ3n) is 3.40. The largest absolute Gasteiger partial charge is 0.335 e. The molecule has 8 heteroatoms. The van der Waals surface area contributed by atoms with Gasteiger partial charge in [-0.05, 0) is 6.42 Å². The lowest BCUT2D eigenvalue weighted by atomic mass is 10.1. The SMILES string of the molecule is CC(=O)C(=O)N1CC[C@H](C(=O)Nc2cc(F)c(F)c(F)c2)C1. The summed E-state index contributed by atoms with van der Waals surface area (Å²) in [5, 5.41) is 2.27. The van der Waals surface area contributed by atoms with Crippen molar-refractivity contribution >= 4 is 23.3 Å². The highest BCUT2D eigenvalue weighted by atomic mass is 19.2. The van der Waals surface area contributed by atoms with Gasteiger partial charge in [-0.2, -0.15) is 0 Å². The van der Waals surface area contributed by atoms with Gasteiger partial charge in [-0.15, -0.1) is 0 Å². The molecule has 1 atom stereocenters. The van der Waals surface area contributed by atoms with Crippen LogP contribution in [0.2, 0.25) is 0 Å². The van der Waals surface area contributed by atoms with Crippen LogP contribution < -0.4 is 5.32 Å². The molecule has 1 aliphatic rings. The van der Waals surface area contributed by atoms with Crippen molar-refractivity contribution in [3.05, 3.63) is 29.6 Å². The molecule has 1 heterocycles. The van der Waals surface area contributed by atoms with Crippen molar-refractivity contribution in [1.82, 2.24) is 4.90 Å². The summed E-state index contributed by atoms with van der Waals surface area (Å²) in [6.45, 7) is 1.44. The summed E-state index contributed by atoms with van der Waals surface area (Å²) in [5.74, 6) is -6.87. The van der Waals surface area contributed by atoms with Crippen molar-refractivity contribution in [2.45, 2.75) is 13.3 Å². The van der Waals surface area contributed by atoms with E-state index < -0.39 is 41.0 Å². The molecule has 1 aromatic rings. The molecule has 5 nitrogen and oxygen atoms in total. The molecule has 0 saturated carbocycles. The molecule has 1 saturated heterocycles. The number of likely N-dealkylation sites (tertiary alicyclic amines) is 1. The molecule has 0 radical (unpaired) electrons. The first-order valence-electron chi connectivity index (χ1n) is 6.55. The second-order valence-corrected chi connectivity index (χ2v) is 5.04. The Morgan fingerprint density at radius 1 is 1.18 bits per heavy atom. The van der Waals surface area contributed by atoms with E-state index in [0.29, 0.717) is 18.6 Å². The minimum Gasteiger partial charge on any atom is -0.335 e. The number of nitrogens with zero attached hydrogens (tertiary/aromatic N) is 1. The first-order valence-corrected chi connectivity index (χ1v) is 6.55. The van der Waals surface area contributed by atoms with Gasteiger partial charge in [-0.25, -0.2) is 13.2 Å². The molecule has 1 fully saturated rings. The van der Waals surface area contributed by atoms with E-state index in [9.17, 15) is 27.6 Å². The molecular formula is C14H13F3N2O3. The van der Waals surface area contributed by atoms with E-state index in [4.69, 9.17) is 0 Å². The van der Waals surface area contributed by atoms with Gasteiger partial charge in [0, 0.05) is 37.8 Å². The van der Waals surface area contributed by atoms with Crippen LogP contribution in [0.4, 0.5) is 18.9 Å². The van der Waals surface area contributed by atoms with Crippen molar-refractivity contribution in [3.63, 3.8) is 0 Å². The Bertz CT molecular complexity index is 625. The number of hydrogen-bond donors (Lipinski definition) is 1. The Morgan fingerprint density at radius 3 is 2.32 bits per heavy atom. The Hall–Kier alpha value is -2.38. The Kier molecular flexibility index (Phi) is 4.48. The average Bonchev–Trinajstić information content (AvgIpc) is 2.93. The molecular weight excluding hydrogens is 301 g/mol. The maximum atomic E-state index is 13.1. The van der Waals surface area contributed by atoms with Crippen LogP contribution in [0.5, 0.6) is 0 Å². The standard InChI is InChI=1S/C14H13F3N2O3/c1-7(20)14(22)19-3-2-8(6-19)13(21)18-9-4-10(15)12(17)11(16)5-9/h4-5,8H,2-3,6H2,1H3,(H,18,21)/t8-/m0/s1. The number of halogens is 3. The third-order valence-corrected chi connectivity index (χ3v) is 3.40. The lowest BCUT2D eigenvalue weighted by molar-refractivity contribution is -0.143. The number of carbonyl (C=O) groups is 3. The average molecular weight is 314 g/mol. The summed E-state index contributed by atoms with van der Waals surface area (Å²) in [6, 6.07) is 1.34. The summed E-state index contributed by atoms with van der Waals surface area (Å²) >= 11 is 0. The molecule has 0 aliphatic carbocycles. The van der Waals surface area contributed by atoms with E-state index in [1.807, 2.05) is 0 Å². The molecule has 1 aliphatic heterocycles. The summed E-state index contributed by atoms with van der Waals surface area (Å²) in [7, 11) is 0. The summed E-state index contributed by atoms with van der Waals surface area (Å²) in [6.07, 6.45) is 0.330. The quantitative estimate of drug-likeness (QED) is 0.679. The number of Topliss-reactive ketones (excluding diaryl/α,β-unsaturated/α-hetero) is 1. The number of rotatable bonds is 3. The highest BCUT2D eigenvalue weighted by Crippen LogP contribution is 2.21.